The second kappa shape index (κ2) is 9.09. The molecular weight excluding hydrogens is 416 g/mol. The van der Waals surface area contributed by atoms with Crippen molar-refractivity contribution in [1.29, 1.82) is 5.26 Å². The van der Waals surface area contributed by atoms with Gasteiger partial charge in [-0.15, -0.1) is 32.9 Å². The number of hydrogen-bond acceptors (Lipinski definition) is 9. The van der Waals surface area contributed by atoms with E-state index in [2.05, 4.69) is 15.2 Å². The van der Waals surface area contributed by atoms with E-state index in [-0.39, 0.29) is 18.0 Å². The Morgan fingerprint density at radius 2 is 2.21 bits per heavy atom. The molecule has 11 heteroatoms. The summed E-state index contributed by atoms with van der Waals surface area (Å²) in [5, 5.41) is 22.5. The van der Waals surface area contributed by atoms with Crippen LogP contribution in [0, 0.1) is 18.3 Å². The maximum atomic E-state index is 12.6. The number of carbonyl (C=O) groups excluding carboxylic acids is 2. The van der Waals surface area contributed by atoms with E-state index in [1.165, 1.54) is 34.4 Å². The minimum Gasteiger partial charge on any atom is -0.370 e. The minimum atomic E-state index is -0.898. The molecule has 3 aromatic rings. The zero-order valence-electron chi connectivity index (χ0n) is 14.9. The van der Waals surface area contributed by atoms with Gasteiger partial charge in [0.25, 0.3) is 0 Å². The molecule has 0 aromatic carbocycles. The molecule has 28 heavy (non-hydrogen) atoms. The molecule has 3 rings (SSSR count). The Morgan fingerprint density at radius 3 is 2.82 bits per heavy atom. The second-order valence-corrected chi connectivity index (χ2v) is 8.58. The molecule has 2 N–H and O–H groups in total. The Morgan fingerprint density at radius 1 is 1.39 bits per heavy atom. The first-order valence-corrected chi connectivity index (χ1v) is 11.0. The summed E-state index contributed by atoms with van der Waals surface area (Å²) in [7, 11) is 0. The maximum absolute atomic E-state index is 12.6. The molecular formula is C17H16N6O2S3. The number of rotatable bonds is 9. The molecule has 0 fully saturated rings. The molecule has 0 saturated heterocycles. The van der Waals surface area contributed by atoms with Crippen molar-refractivity contribution in [2.75, 3.05) is 5.75 Å². The summed E-state index contributed by atoms with van der Waals surface area (Å²) in [5.74, 6) is -0.898. The van der Waals surface area contributed by atoms with Crippen LogP contribution in [-0.2, 0) is 16.1 Å². The first kappa shape index (κ1) is 20.2. The standard InChI is InChI=1S/C17H16N6O2S3/c1-10-8-27-16(20-10)11(7-18)12(24)9-28-17-22-21-15(13-3-2-6-26-13)23(17)5-4-14(19)25/h2-3,6,8,11H,4-5,9H2,1H3,(H2,19,25)/t11-/m0/s1. The lowest BCUT2D eigenvalue weighted by atomic mass is 10.1. The molecule has 0 radical (unpaired) electrons. The van der Waals surface area contributed by atoms with Gasteiger partial charge >= 0.3 is 0 Å². The molecule has 0 aliphatic rings. The van der Waals surface area contributed by atoms with Gasteiger partial charge < -0.3 is 10.3 Å². The van der Waals surface area contributed by atoms with E-state index < -0.39 is 11.8 Å². The summed E-state index contributed by atoms with van der Waals surface area (Å²) in [5.41, 5.74) is 6.07. The van der Waals surface area contributed by atoms with Gasteiger partial charge in [-0.1, -0.05) is 17.8 Å². The lowest BCUT2D eigenvalue weighted by Gasteiger charge is -2.09. The Balaban J connectivity index is 1.77. The molecule has 0 spiro atoms. The fourth-order valence-corrected chi connectivity index (χ4v) is 4.84. The lowest BCUT2D eigenvalue weighted by molar-refractivity contribution is -0.118. The number of nitrogens with zero attached hydrogens (tertiary/aromatic N) is 5. The van der Waals surface area contributed by atoms with E-state index in [9.17, 15) is 14.9 Å². The van der Waals surface area contributed by atoms with Crippen molar-refractivity contribution in [1.82, 2.24) is 19.7 Å². The van der Waals surface area contributed by atoms with E-state index in [1.807, 2.05) is 35.9 Å². The number of thioether (sulfide) groups is 1. The first-order chi connectivity index (χ1) is 13.5. The maximum Gasteiger partial charge on any atom is 0.219 e. The third-order valence-corrected chi connectivity index (χ3v) is 6.60. The molecule has 3 aromatic heterocycles. The van der Waals surface area contributed by atoms with Crippen LogP contribution in [0.2, 0.25) is 0 Å². The van der Waals surface area contributed by atoms with Crippen LogP contribution in [0.4, 0.5) is 0 Å². The van der Waals surface area contributed by atoms with Crippen molar-refractivity contribution in [2.24, 2.45) is 5.73 Å². The van der Waals surface area contributed by atoms with E-state index in [0.29, 0.717) is 22.5 Å². The first-order valence-electron chi connectivity index (χ1n) is 8.22. The van der Waals surface area contributed by atoms with E-state index in [4.69, 9.17) is 5.73 Å². The summed E-state index contributed by atoms with van der Waals surface area (Å²) in [6.45, 7) is 2.14. The third-order valence-electron chi connectivity index (χ3n) is 3.72. The number of aryl methyl sites for hydroxylation is 1. The van der Waals surface area contributed by atoms with Gasteiger partial charge in [-0.3, -0.25) is 9.59 Å². The van der Waals surface area contributed by atoms with Gasteiger partial charge in [-0.25, -0.2) is 4.98 Å². The van der Waals surface area contributed by atoms with Crippen molar-refractivity contribution in [3.05, 3.63) is 33.6 Å². The summed E-state index contributed by atoms with van der Waals surface area (Å²) in [6.07, 6.45) is 0.136. The molecule has 0 bridgehead atoms. The van der Waals surface area contributed by atoms with Crippen molar-refractivity contribution < 1.29 is 9.59 Å². The highest BCUT2D eigenvalue weighted by Gasteiger charge is 2.24. The normalized spacial score (nSPS) is 11.9. The highest BCUT2D eigenvalue weighted by Crippen LogP contribution is 2.29. The second-order valence-electron chi connectivity index (χ2n) is 5.80. The number of nitrogens with two attached hydrogens (primary N) is 1. The van der Waals surface area contributed by atoms with Crippen LogP contribution >= 0.6 is 34.4 Å². The Kier molecular flexibility index (Phi) is 6.56. The number of thiazole rings is 1. The molecule has 0 saturated carbocycles. The number of hydrogen-bond donors (Lipinski definition) is 1. The molecule has 0 aliphatic heterocycles. The fourth-order valence-electron chi connectivity index (χ4n) is 2.40. The Hall–Kier alpha value is -2.55. The van der Waals surface area contributed by atoms with E-state index >= 15 is 0 Å². The number of aromatic nitrogens is 4. The average molecular weight is 433 g/mol. The summed E-state index contributed by atoms with van der Waals surface area (Å²) in [6, 6.07) is 5.84. The van der Waals surface area contributed by atoms with Gasteiger partial charge in [0.1, 0.15) is 5.01 Å². The Labute approximate surface area is 173 Å². The number of Topliss-reactive ketones (excluding diaryl/α,β-unsaturated/α-hetero) is 1. The van der Waals surface area contributed by atoms with E-state index in [0.717, 1.165) is 10.6 Å². The SMILES string of the molecule is Cc1csc([C@@H](C#N)C(=O)CSc2nnc(-c3cccs3)n2CCC(N)=O)n1. The van der Waals surface area contributed by atoms with Crippen molar-refractivity contribution >= 4 is 46.1 Å². The van der Waals surface area contributed by atoms with Gasteiger partial charge in [0, 0.05) is 24.0 Å². The summed E-state index contributed by atoms with van der Waals surface area (Å²) >= 11 is 3.99. The topological polar surface area (TPSA) is 128 Å². The number of ketones is 1. The molecule has 144 valence electrons. The molecule has 8 nitrogen and oxygen atoms in total. The number of nitriles is 1. The lowest BCUT2D eigenvalue weighted by Crippen LogP contribution is -2.16. The largest absolute Gasteiger partial charge is 0.370 e. The smallest absolute Gasteiger partial charge is 0.219 e. The van der Waals surface area contributed by atoms with Crippen LogP contribution < -0.4 is 5.73 Å². The average Bonchev–Trinajstić information content (AvgIpc) is 3.39. The number of thiophene rings is 1. The molecule has 0 aliphatic carbocycles. The molecule has 1 atom stereocenters. The molecule has 0 unspecified atom stereocenters. The summed E-state index contributed by atoms with van der Waals surface area (Å²) < 4.78 is 1.78. The van der Waals surface area contributed by atoms with Crippen LogP contribution in [-0.4, -0.2) is 37.2 Å². The van der Waals surface area contributed by atoms with Crippen molar-refractivity contribution in [2.45, 2.75) is 31.0 Å². The molecule has 3 heterocycles. The van der Waals surface area contributed by atoms with Gasteiger partial charge in [0.15, 0.2) is 22.7 Å². The van der Waals surface area contributed by atoms with Gasteiger partial charge in [0.05, 0.1) is 16.7 Å². The molecule has 1 amide bonds. The van der Waals surface area contributed by atoms with Crippen LogP contribution in [0.5, 0.6) is 0 Å². The van der Waals surface area contributed by atoms with Crippen LogP contribution in [0.1, 0.15) is 23.0 Å². The predicted octanol–water partition coefficient (Wildman–Crippen LogP) is 2.62. The predicted molar refractivity (Wildman–Crippen MR) is 108 cm³/mol. The monoisotopic (exact) mass is 432 g/mol. The number of carbonyl (C=O) groups is 2. The third kappa shape index (κ3) is 4.64. The van der Waals surface area contributed by atoms with Gasteiger partial charge in [0.2, 0.25) is 5.91 Å². The highest BCUT2D eigenvalue weighted by atomic mass is 32.2. The van der Waals surface area contributed by atoms with Crippen molar-refractivity contribution in [3.8, 4) is 16.8 Å². The van der Waals surface area contributed by atoms with Crippen LogP contribution in [0.3, 0.4) is 0 Å². The summed E-state index contributed by atoms with van der Waals surface area (Å²) in [4.78, 5) is 28.9. The highest BCUT2D eigenvalue weighted by molar-refractivity contribution is 7.99. The number of amides is 1. The zero-order chi connectivity index (χ0) is 20.1. The van der Waals surface area contributed by atoms with Crippen molar-refractivity contribution in [3.63, 3.8) is 0 Å². The number of primary amides is 1. The fraction of sp³-hybridized carbons (Fsp3) is 0.294. The van der Waals surface area contributed by atoms with Gasteiger partial charge in [-0.2, -0.15) is 5.26 Å². The van der Waals surface area contributed by atoms with Crippen LogP contribution in [0.25, 0.3) is 10.7 Å². The Bertz CT molecular complexity index is 1020. The quantitative estimate of drug-likeness (QED) is 0.515. The zero-order valence-corrected chi connectivity index (χ0v) is 17.3. The van der Waals surface area contributed by atoms with Crippen LogP contribution in [0.15, 0.2) is 28.0 Å². The van der Waals surface area contributed by atoms with E-state index in [1.54, 1.807) is 4.57 Å². The van der Waals surface area contributed by atoms with Gasteiger partial charge in [-0.05, 0) is 18.4 Å². The minimum absolute atomic E-state index is 0.0516.